The SMILES string of the molecule is C=CCc1cc(=O)c2c([nH]1)CCCC2. The van der Waals surface area contributed by atoms with Gasteiger partial charge >= 0.3 is 0 Å². The fourth-order valence-corrected chi connectivity index (χ4v) is 2.06. The summed E-state index contributed by atoms with van der Waals surface area (Å²) in [6.45, 7) is 3.68. The minimum absolute atomic E-state index is 0.204. The minimum Gasteiger partial charge on any atom is -0.362 e. The summed E-state index contributed by atoms with van der Waals surface area (Å²) in [5.74, 6) is 0. The first-order valence-corrected chi connectivity index (χ1v) is 5.16. The number of rotatable bonds is 2. The second kappa shape index (κ2) is 3.82. The van der Waals surface area contributed by atoms with Gasteiger partial charge < -0.3 is 4.98 Å². The summed E-state index contributed by atoms with van der Waals surface area (Å²) in [6.07, 6.45) is 6.88. The van der Waals surface area contributed by atoms with E-state index in [2.05, 4.69) is 11.6 Å². The van der Waals surface area contributed by atoms with Crippen molar-refractivity contribution in [2.75, 3.05) is 0 Å². The minimum atomic E-state index is 0.204. The molecule has 0 aliphatic heterocycles. The predicted octanol–water partition coefficient (Wildman–Crippen LogP) is 1.98. The van der Waals surface area contributed by atoms with Gasteiger partial charge in [0.05, 0.1) is 0 Å². The number of hydrogen-bond donors (Lipinski definition) is 1. The monoisotopic (exact) mass is 189 g/mol. The van der Waals surface area contributed by atoms with Crippen molar-refractivity contribution < 1.29 is 0 Å². The predicted molar refractivity (Wildman–Crippen MR) is 57.6 cm³/mol. The molecule has 0 bridgehead atoms. The van der Waals surface area contributed by atoms with Crippen molar-refractivity contribution in [1.82, 2.24) is 4.98 Å². The van der Waals surface area contributed by atoms with Gasteiger partial charge in [0, 0.05) is 29.4 Å². The maximum atomic E-state index is 11.7. The van der Waals surface area contributed by atoms with E-state index < -0.39 is 0 Å². The molecule has 14 heavy (non-hydrogen) atoms. The third-order valence-corrected chi connectivity index (χ3v) is 2.75. The Kier molecular flexibility index (Phi) is 2.53. The van der Waals surface area contributed by atoms with Crippen LogP contribution in [0.15, 0.2) is 23.5 Å². The molecular formula is C12H15NO. The van der Waals surface area contributed by atoms with Crippen LogP contribution in [0.25, 0.3) is 0 Å². The first kappa shape index (κ1) is 9.25. The average molecular weight is 189 g/mol. The summed E-state index contributed by atoms with van der Waals surface area (Å²) in [5.41, 5.74) is 3.35. The number of fused-ring (bicyclic) bond motifs is 1. The van der Waals surface area contributed by atoms with Gasteiger partial charge in [-0.25, -0.2) is 0 Å². The van der Waals surface area contributed by atoms with Gasteiger partial charge in [0.1, 0.15) is 0 Å². The molecule has 1 N–H and O–H groups in total. The van der Waals surface area contributed by atoms with Crippen molar-refractivity contribution in [1.29, 1.82) is 0 Å². The maximum absolute atomic E-state index is 11.7. The van der Waals surface area contributed by atoms with E-state index in [1.54, 1.807) is 6.07 Å². The van der Waals surface area contributed by atoms with Crippen LogP contribution in [0, 0.1) is 0 Å². The van der Waals surface area contributed by atoms with E-state index in [-0.39, 0.29) is 5.43 Å². The number of aromatic amines is 1. The molecule has 1 aliphatic carbocycles. The van der Waals surface area contributed by atoms with Crippen molar-refractivity contribution in [2.45, 2.75) is 32.1 Å². The maximum Gasteiger partial charge on any atom is 0.185 e. The standard InChI is InChI=1S/C12H15NO/c1-2-5-9-8-12(14)10-6-3-4-7-11(10)13-9/h2,8H,1,3-7H2,(H,13,14). The number of hydrogen-bond acceptors (Lipinski definition) is 1. The van der Waals surface area contributed by atoms with Gasteiger partial charge in [0.15, 0.2) is 5.43 Å². The van der Waals surface area contributed by atoms with Gasteiger partial charge in [-0.15, -0.1) is 6.58 Å². The molecule has 0 spiro atoms. The molecule has 0 aromatic carbocycles. The van der Waals surface area contributed by atoms with E-state index >= 15 is 0 Å². The number of nitrogens with one attached hydrogen (secondary N) is 1. The molecule has 0 amide bonds. The molecule has 1 aliphatic rings. The highest BCUT2D eigenvalue weighted by Gasteiger charge is 2.13. The Morgan fingerprint density at radius 3 is 3.00 bits per heavy atom. The zero-order valence-electron chi connectivity index (χ0n) is 8.31. The van der Waals surface area contributed by atoms with Crippen LogP contribution in [-0.2, 0) is 19.3 Å². The largest absolute Gasteiger partial charge is 0.362 e. The van der Waals surface area contributed by atoms with Crippen molar-refractivity contribution in [3.63, 3.8) is 0 Å². The Morgan fingerprint density at radius 2 is 2.21 bits per heavy atom. The van der Waals surface area contributed by atoms with Gasteiger partial charge in [-0.1, -0.05) is 6.08 Å². The van der Waals surface area contributed by atoms with Gasteiger partial charge in [0.2, 0.25) is 0 Å². The third-order valence-electron chi connectivity index (χ3n) is 2.75. The molecule has 2 nitrogen and oxygen atoms in total. The molecule has 1 aromatic heterocycles. The molecule has 1 heterocycles. The van der Waals surface area contributed by atoms with E-state index in [4.69, 9.17) is 0 Å². The van der Waals surface area contributed by atoms with Crippen LogP contribution in [0.5, 0.6) is 0 Å². The molecule has 0 saturated carbocycles. The highest BCUT2D eigenvalue weighted by Crippen LogP contribution is 2.16. The molecule has 0 saturated heterocycles. The first-order chi connectivity index (χ1) is 6.81. The molecule has 0 unspecified atom stereocenters. The lowest BCUT2D eigenvalue weighted by Gasteiger charge is -2.15. The zero-order valence-corrected chi connectivity index (χ0v) is 8.31. The number of aromatic nitrogens is 1. The normalized spacial score (nSPS) is 14.9. The van der Waals surface area contributed by atoms with Gasteiger partial charge in [-0.2, -0.15) is 0 Å². The quantitative estimate of drug-likeness (QED) is 0.709. The third kappa shape index (κ3) is 1.65. The van der Waals surface area contributed by atoms with Crippen molar-refractivity contribution in [2.24, 2.45) is 0 Å². The molecule has 0 radical (unpaired) electrons. The van der Waals surface area contributed by atoms with Crippen LogP contribution in [-0.4, -0.2) is 4.98 Å². The van der Waals surface area contributed by atoms with E-state index in [1.807, 2.05) is 6.08 Å². The van der Waals surface area contributed by atoms with E-state index in [1.165, 1.54) is 6.42 Å². The first-order valence-electron chi connectivity index (χ1n) is 5.16. The lowest BCUT2D eigenvalue weighted by atomic mass is 9.95. The van der Waals surface area contributed by atoms with Gasteiger partial charge in [-0.3, -0.25) is 4.79 Å². The summed E-state index contributed by atoms with van der Waals surface area (Å²) in [4.78, 5) is 15.0. The topological polar surface area (TPSA) is 32.9 Å². The highest BCUT2D eigenvalue weighted by molar-refractivity contribution is 5.26. The van der Waals surface area contributed by atoms with Gasteiger partial charge in [-0.05, 0) is 25.7 Å². The average Bonchev–Trinajstić information content (AvgIpc) is 2.18. The second-order valence-electron chi connectivity index (χ2n) is 3.82. The lowest BCUT2D eigenvalue weighted by Crippen LogP contribution is -2.18. The summed E-state index contributed by atoms with van der Waals surface area (Å²) in [7, 11) is 0. The molecule has 1 aromatic rings. The number of allylic oxidation sites excluding steroid dienone is 1. The van der Waals surface area contributed by atoms with Crippen LogP contribution in [0.4, 0.5) is 0 Å². The van der Waals surface area contributed by atoms with E-state index in [9.17, 15) is 4.79 Å². The summed E-state index contributed by atoms with van der Waals surface area (Å²) in [5, 5.41) is 0. The zero-order chi connectivity index (χ0) is 9.97. The highest BCUT2D eigenvalue weighted by atomic mass is 16.1. The Hall–Kier alpha value is -1.31. The molecule has 0 atom stereocenters. The van der Waals surface area contributed by atoms with Crippen molar-refractivity contribution >= 4 is 0 Å². The Morgan fingerprint density at radius 1 is 1.43 bits per heavy atom. The van der Waals surface area contributed by atoms with Crippen LogP contribution < -0.4 is 5.43 Å². The van der Waals surface area contributed by atoms with Crippen molar-refractivity contribution in [3.8, 4) is 0 Å². The fourth-order valence-electron chi connectivity index (χ4n) is 2.06. The Balaban J connectivity index is 2.46. The summed E-state index contributed by atoms with van der Waals surface area (Å²) >= 11 is 0. The molecule has 2 heteroatoms. The second-order valence-corrected chi connectivity index (χ2v) is 3.82. The van der Waals surface area contributed by atoms with E-state index in [0.29, 0.717) is 0 Å². The van der Waals surface area contributed by atoms with Crippen LogP contribution in [0.2, 0.25) is 0 Å². The number of H-pyrrole nitrogens is 1. The molecule has 0 fully saturated rings. The number of aryl methyl sites for hydroxylation is 1. The van der Waals surface area contributed by atoms with Crippen LogP contribution in [0.1, 0.15) is 29.8 Å². The Labute approximate surface area is 83.7 Å². The molecule has 74 valence electrons. The number of pyridine rings is 1. The van der Waals surface area contributed by atoms with Crippen molar-refractivity contribution in [3.05, 3.63) is 45.9 Å². The molecular weight excluding hydrogens is 174 g/mol. The fraction of sp³-hybridized carbons (Fsp3) is 0.417. The van der Waals surface area contributed by atoms with Crippen LogP contribution in [0.3, 0.4) is 0 Å². The summed E-state index contributed by atoms with van der Waals surface area (Å²) < 4.78 is 0. The summed E-state index contributed by atoms with van der Waals surface area (Å²) in [6, 6.07) is 1.71. The Bertz CT molecular complexity index is 403. The van der Waals surface area contributed by atoms with E-state index in [0.717, 1.165) is 42.6 Å². The lowest BCUT2D eigenvalue weighted by molar-refractivity contribution is 0.660. The molecule has 2 rings (SSSR count). The van der Waals surface area contributed by atoms with Crippen LogP contribution >= 0.6 is 0 Å². The van der Waals surface area contributed by atoms with Gasteiger partial charge in [0.25, 0.3) is 0 Å². The smallest absolute Gasteiger partial charge is 0.185 e.